The number of hydrogen-bond donors (Lipinski definition) is 0. The quantitative estimate of drug-likeness (QED) is 0.766. The van der Waals surface area contributed by atoms with Gasteiger partial charge in [0.1, 0.15) is 0 Å². The van der Waals surface area contributed by atoms with Gasteiger partial charge in [-0.2, -0.15) is 0 Å². The molecule has 1 aliphatic carbocycles. The fourth-order valence-electron chi connectivity index (χ4n) is 3.16. The molecule has 3 heterocycles. The predicted molar refractivity (Wildman–Crippen MR) is 81.8 cm³/mol. The van der Waals surface area contributed by atoms with Gasteiger partial charge >= 0.3 is 6.09 Å². The Kier molecular flexibility index (Phi) is 3.51. The van der Waals surface area contributed by atoms with Crippen molar-refractivity contribution in [3.63, 3.8) is 0 Å². The molecule has 3 aliphatic rings. The monoisotopic (exact) mass is 330 g/mol. The second kappa shape index (κ2) is 5.58. The molecule has 2 fully saturated rings. The first-order valence-electron chi connectivity index (χ1n) is 8.24. The third-order valence-electron chi connectivity index (χ3n) is 4.88. The smallest absolute Gasteiger partial charge is 0.409 e. The highest BCUT2D eigenvalue weighted by molar-refractivity contribution is 6.47. The van der Waals surface area contributed by atoms with Crippen molar-refractivity contribution in [3.8, 4) is 5.75 Å². The zero-order chi connectivity index (χ0) is 16.7. The number of piperidine rings is 1. The predicted octanol–water partition coefficient (Wildman–Crippen LogP) is 1.61. The van der Waals surface area contributed by atoms with Gasteiger partial charge in [0.05, 0.1) is 6.61 Å². The Balaban J connectivity index is 1.45. The summed E-state index contributed by atoms with van der Waals surface area (Å²) in [4.78, 5) is 42.4. The Morgan fingerprint density at radius 3 is 2.79 bits per heavy atom. The number of nitrogens with zero attached hydrogens (tertiary/aromatic N) is 2. The van der Waals surface area contributed by atoms with Crippen LogP contribution < -0.4 is 4.74 Å². The van der Waals surface area contributed by atoms with E-state index in [2.05, 4.69) is 4.98 Å². The highest BCUT2D eigenvalue weighted by Crippen LogP contribution is 2.36. The number of likely N-dealkylation sites (tertiary alicyclic amines) is 1. The van der Waals surface area contributed by atoms with E-state index in [9.17, 15) is 14.4 Å². The molecule has 1 aromatic rings. The van der Waals surface area contributed by atoms with Crippen molar-refractivity contribution in [2.45, 2.75) is 31.3 Å². The number of Topliss-reactive ketones (excluding diaryl/α,β-unsaturated/α-hetero) is 2. The van der Waals surface area contributed by atoms with Crippen LogP contribution in [-0.4, -0.2) is 52.8 Å². The number of ether oxygens (including phenoxy) is 2. The first kappa shape index (κ1) is 15.1. The molecule has 7 heteroatoms. The van der Waals surface area contributed by atoms with Gasteiger partial charge in [0.25, 0.3) is 5.78 Å². The van der Waals surface area contributed by atoms with E-state index in [0.29, 0.717) is 31.4 Å². The topological polar surface area (TPSA) is 85.8 Å². The van der Waals surface area contributed by atoms with Crippen molar-refractivity contribution in [3.05, 3.63) is 24.0 Å². The van der Waals surface area contributed by atoms with E-state index in [0.717, 1.165) is 12.8 Å². The summed E-state index contributed by atoms with van der Waals surface area (Å²) >= 11 is 0. The third-order valence-corrected chi connectivity index (χ3v) is 4.88. The Morgan fingerprint density at radius 1 is 1.33 bits per heavy atom. The molecule has 0 radical (unpaired) electrons. The Morgan fingerprint density at radius 2 is 2.08 bits per heavy atom. The van der Waals surface area contributed by atoms with Crippen LogP contribution in [0.15, 0.2) is 18.3 Å². The Hall–Kier alpha value is -2.44. The van der Waals surface area contributed by atoms with E-state index < -0.39 is 17.2 Å². The molecule has 1 aromatic heterocycles. The molecular weight excluding hydrogens is 312 g/mol. The van der Waals surface area contributed by atoms with Crippen LogP contribution >= 0.6 is 0 Å². The summed E-state index contributed by atoms with van der Waals surface area (Å²) in [5.74, 6) is -0.330. The zero-order valence-corrected chi connectivity index (χ0v) is 13.2. The molecule has 0 N–H and O–H groups in total. The average molecular weight is 330 g/mol. The Labute approximate surface area is 138 Å². The summed E-state index contributed by atoms with van der Waals surface area (Å²) in [7, 11) is 0. The first-order chi connectivity index (χ1) is 11.6. The minimum absolute atomic E-state index is 0.0689. The summed E-state index contributed by atoms with van der Waals surface area (Å²) in [5.41, 5.74) is -1.11. The van der Waals surface area contributed by atoms with Gasteiger partial charge in [-0.1, -0.05) is 0 Å². The molecule has 1 amide bonds. The number of hydrogen-bond acceptors (Lipinski definition) is 6. The van der Waals surface area contributed by atoms with E-state index in [1.54, 1.807) is 17.0 Å². The highest BCUT2D eigenvalue weighted by Gasteiger charge is 2.51. The van der Waals surface area contributed by atoms with Gasteiger partial charge in [0.2, 0.25) is 5.78 Å². The summed E-state index contributed by atoms with van der Waals surface area (Å²) in [6.45, 7) is 1.13. The number of ketones is 2. The van der Waals surface area contributed by atoms with Crippen molar-refractivity contribution in [1.29, 1.82) is 0 Å². The molecule has 4 rings (SSSR count). The highest BCUT2D eigenvalue weighted by atomic mass is 16.6. The lowest BCUT2D eigenvalue weighted by molar-refractivity contribution is -0.135. The molecule has 7 nitrogen and oxygen atoms in total. The molecule has 1 saturated heterocycles. The second-order valence-electron chi connectivity index (χ2n) is 6.61. The molecule has 24 heavy (non-hydrogen) atoms. The van der Waals surface area contributed by atoms with Gasteiger partial charge in [-0.15, -0.1) is 0 Å². The zero-order valence-electron chi connectivity index (χ0n) is 13.2. The fourth-order valence-corrected chi connectivity index (χ4v) is 3.16. The molecule has 0 aromatic carbocycles. The van der Waals surface area contributed by atoms with Gasteiger partial charge in [-0.25, -0.2) is 9.78 Å². The minimum atomic E-state index is -1.18. The molecule has 1 spiro atoms. The molecule has 126 valence electrons. The van der Waals surface area contributed by atoms with Gasteiger partial charge in [0.15, 0.2) is 17.0 Å². The van der Waals surface area contributed by atoms with E-state index in [1.165, 1.54) is 6.20 Å². The number of rotatable bonds is 2. The number of carbonyl (C=O) groups is 3. The molecule has 1 saturated carbocycles. The molecule has 0 unspecified atom stereocenters. The van der Waals surface area contributed by atoms with E-state index in [-0.39, 0.29) is 24.6 Å². The normalized spacial score (nSPS) is 22.1. The van der Waals surface area contributed by atoms with Crippen molar-refractivity contribution in [2.75, 3.05) is 19.7 Å². The molecule has 2 aliphatic heterocycles. The number of pyridine rings is 1. The number of fused-ring (bicyclic) bond motifs is 1. The maximum Gasteiger partial charge on any atom is 0.409 e. The number of amides is 1. The summed E-state index contributed by atoms with van der Waals surface area (Å²) in [6, 6.07) is 3.31. The third kappa shape index (κ3) is 2.53. The van der Waals surface area contributed by atoms with Crippen LogP contribution in [0, 0.1) is 5.92 Å². The second-order valence-corrected chi connectivity index (χ2v) is 6.61. The van der Waals surface area contributed by atoms with Crippen molar-refractivity contribution < 1.29 is 23.9 Å². The number of aromatic nitrogens is 1. The van der Waals surface area contributed by atoms with Crippen LogP contribution in [0.25, 0.3) is 0 Å². The van der Waals surface area contributed by atoms with Crippen LogP contribution in [0.1, 0.15) is 36.2 Å². The maximum absolute atomic E-state index is 12.5. The lowest BCUT2D eigenvalue weighted by Crippen LogP contribution is -2.58. The van der Waals surface area contributed by atoms with E-state index in [4.69, 9.17) is 9.47 Å². The van der Waals surface area contributed by atoms with Gasteiger partial charge in [0, 0.05) is 32.1 Å². The first-order valence-corrected chi connectivity index (χ1v) is 8.24. The summed E-state index contributed by atoms with van der Waals surface area (Å²) < 4.78 is 11.1. The van der Waals surface area contributed by atoms with Gasteiger partial charge in [-0.3, -0.25) is 9.59 Å². The summed E-state index contributed by atoms with van der Waals surface area (Å²) in [5, 5.41) is 0. The van der Waals surface area contributed by atoms with E-state index in [1.807, 2.05) is 0 Å². The average Bonchev–Trinajstić information content (AvgIpc) is 3.43. The molecule has 0 atom stereocenters. The van der Waals surface area contributed by atoms with Crippen molar-refractivity contribution in [1.82, 2.24) is 9.88 Å². The lowest BCUT2D eigenvalue weighted by Gasteiger charge is -2.41. The molecule has 0 bridgehead atoms. The van der Waals surface area contributed by atoms with Crippen molar-refractivity contribution >= 4 is 17.7 Å². The molecular formula is C17H18N2O5. The van der Waals surface area contributed by atoms with Crippen molar-refractivity contribution in [2.24, 2.45) is 5.92 Å². The maximum atomic E-state index is 12.5. The lowest BCUT2D eigenvalue weighted by atomic mass is 9.82. The van der Waals surface area contributed by atoms with Crippen LogP contribution in [-0.2, 0) is 9.53 Å². The van der Waals surface area contributed by atoms with Crippen LogP contribution in [0.3, 0.4) is 0 Å². The largest absolute Gasteiger partial charge is 0.476 e. The summed E-state index contributed by atoms with van der Waals surface area (Å²) in [6.07, 6.45) is 3.91. The minimum Gasteiger partial charge on any atom is -0.476 e. The van der Waals surface area contributed by atoms with Crippen LogP contribution in [0.5, 0.6) is 5.75 Å². The Bertz CT molecular complexity index is 705. The fraction of sp³-hybridized carbons (Fsp3) is 0.529. The van der Waals surface area contributed by atoms with Gasteiger partial charge in [-0.05, 0) is 30.9 Å². The number of carbonyl (C=O) groups excluding carboxylic acids is 3. The van der Waals surface area contributed by atoms with Gasteiger partial charge < -0.3 is 14.4 Å². The SMILES string of the molecule is O=C1C(=O)C2(CCN(C(=O)OCC3CC3)CC2)Oc2cccnc21. The van der Waals surface area contributed by atoms with E-state index >= 15 is 0 Å². The van der Waals surface area contributed by atoms with Crippen LogP contribution in [0.2, 0.25) is 0 Å². The standard InChI is InChI=1S/C17H18N2O5/c20-14-13-12(2-1-7-18-13)24-17(15(14)21)5-8-19(9-6-17)16(22)23-10-11-3-4-11/h1-2,7,11H,3-6,8-10H2. The van der Waals surface area contributed by atoms with Crippen LogP contribution in [0.4, 0.5) is 4.79 Å².